The molecule has 0 saturated heterocycles. The van der Waals surface area contributed by atoms with Crippen LogP contribution < -0.4 is 5.73 Å². The van der Waals surface area contributed by atoms with E-state index >= 15 is 0 Å². The summed E-state index contributed by atoms with van der Waals surface area (Å²) < 4.78 is 23.0. The van der Waals surface area contributed by atoms with Gasteiger partial charge in [0, 0.05) is 0 Å². The maximum absolute atomic E-state index is 11.5. The van der Waals surface area contributed by atoms with Crippen LogP contribution in [0.15, 0.2) is 0 Å². The van der Waals surface area contributed by atoms with Crippen LogP contribution in [0.2, 0.25) is 0 Å². The smallest absolute Gasteiger partial charge is 0.112 e. The van der Waals surface area contributed by atoms with Gasteiger partial charge in [-0.3, -0.25) is 0 Å². The van der Waals surface area contributed by atoms with E-state index in [0.717, 1.165) is 0 Å². The van der Waals surface area contributed by atoms with Crippen LogP contribution in [-0.4, -0.2) is 30.6 Å². The van der Waals surface area contributed by atoms with E-state index in [-0.39, 0.29) is 0 Å². The van der Waals surface area contributed by atoms with Gasteiger partial charge in [0.1, 0.15) is 13.3 Å². The first-order valence-electron chi connectivity index (χ1n) is 2.20. The van der Waals surface area contributed by atoms with E-state index in [9.17, 15) is 8.78 Å². The summed E-state index contributed by atoms with van der Waals surface area (Å²) in [7, 11) is 0. The quantitative estimate of drug-likeness (QED) is 0.540. The van der Waals surface area contributed by atoms with Gasteiger partial charge in [-0.05, 0) is 0 Å². The van der Waals surface area contributed by atoms with Crippen molar-refractivity contribution in [1.29, 1.82) is 0 Å². The van der Waals surface area contributed by atoms with Crippen molar-refractivity contribution in [3.8, 4) is 0 Å². The highest BCUT2D eigenvalue weighted by Gasteiger charge is 2.23. The lowest BCUT2D eigenvalue weighted by molar-refractivity contribution is 0.138. The Kier molecular flexibility index (Phi) is 2.86. The average molecular weight is 125 g/mol. The molecule has 0 aromatic carbocycles. The molecule has 0 radical (unpaired) electrons. The maximum atomic E-state index is 11.5. The summed E-state index contributed by atoms with van der Waals surface area (Å²) in [5.41, 5.74) is 3.24. The zero-order chi connectivity index (χ0) is 6.62. The van der Waals surface area contributed by atoms with Gasteiger partial charge in [-0.15, -0.1) is 0 Å². The van der Waals surface area contributed by atoms with E-state index in [0.29, 0.717) is 0 Å². The summed E-state index contributed by atoms with van der Waals surface area (Å²) in [6.45, 7) is -2.71. The lowest BCUT2D eigenvalue weighted by Gasteiger charge is -2.17. The molecule has 2 nitrogen and oxygen atoms in total. The number of halogens is 2. The SMILES string of the molecule is NC(CO)(CF)CF. The second-order valence-corrected chi connectivity index (χ2v) is 1.79. The number of hydrogen-bond acceptors (Lipinski definition) is 2. The molecule has 0 aliphatic heterocycles. The van der Waals surface area contributed by atoms with Crippen molar-refractivity contribution in [3.05, 3.63) is 0 Å². The lowest BCUT2D eigenvalue weighted by Crippen LogP contribution is -2.48. The third kappa shape index (κ3) is 1.71. The van der Waals surface area contributed by atoms with Gasteiger partial charge in [0.15, 0.2) is 0 Å². The molecule has 0 aromatic rings. The molecule has 0 saturated carbocycles. The molecule has 0 amide bonds. The van der Waals surface area contributed by atoms with Crippen molar-refractivity contribution in [2.45, 2.75) is 5.54 Å². The molecule has 0 aliphatic rings. The molecule has 0 unspecified atom stereocenters. The fourth-order valence-corrected chi connectivity index (χ4v) is 0.120. The molecule has 0 rings (SSSR count). The third-order valence-electron chi connectivity index (χ3n) is 0.847. The zero-order valence-electron chi connectivity index (χ0n) is 4.40. The molecule has 8 heavy (non-hydrogen) atoms. The van der Waals surface area contributed by atoms with E-state index in [4.69, 9.17) is 10.8 Å². The van der Waals surface area contributed by atoms with Crippen LogP contribution in [0.1, 0.15) is 0 Å². The van der Waals surface area contributed by atoms with E-state index < -0.39 is 25.5 Å². The highest BCUT2D eigenvalue weighted by Crippen LogP contribution is 1.99. The van der Waals surface area contributed by atoms with Crippen molar-refractivity contribution >= 4 is 0 Å². The number of aliphatic hydroxyl groups excluding tert-OH is 1. The highest BCUT2D eigenvalue weighted by molar-refractivity contribution is 4.81. The van der Waals surface area contributed by atoms with Gasteiger partial charge in [-0.2, -0.15) is 0 Å². The molecule has 0 atom stereocenters. The standard InChI is InChI=1S/C4H9F2NO/c5-1-4(7,2-6)3-8/h8H,1-3,7H2. The number of nitrogens with two attached hydrogens (primary N) is 1. The summed E-state index contributed by atoms with van der Waals surface area (Å²) in [6, 6.07) is 0. The molecule has 0 spiro atoms. The minimum atomic E-state index is -1.65. The van der Waals surface area contributed by atoms with Gasteiger partial charge < -0.3 is 10.8 Å². The average Bonchev–Trinajstić information content (AvgIpc) is 1.87. The topological polar surface area (TPSA) is 46.2 Å². The van der Waals surface area contributed by atoms with E-state index in [1.165, 1.54) is 0 Å². The van der Waals surface area contributed by atoms with E-state index in [1.807, 2.05) is 0 Å². The van der Waals surface area contributed by atoms with Crippen molar-refractivity contribution in [2.75, 3.05) is 20.0 Å². The molecule has 0 heterocycles. The predicted octanol–water partition coefficient (Wildman–Crippen LogP) is -0.385. The van der Waals surface area contributed by atoms with Crippen LogP contribution in [0.5, 0.6) is 0 Å². The Morgan fingerprint density at radius 2 is 1.75 bits per heavy atom. The summed E-state index contributed by atoms with van der Waals surface area (Å²) in [5, 5.41) is 8.18. The molecule has 3 N–H and O–H groups in total. The van der Waals surface area contributed by atoms with Crippen LogP contribution >= 0.6 is 0 Å². The molecule has 0 fully saturated rings. The normalized spacial score (nSPS) is 12.0. The first-order chi connectivity index (χ1) is 3.68. The Balaban J connectivity index is 3.58. The molecule has 0 aliphatic carbocycles. The van der Waals surface area contributed by atoms with Crippen LogP contribution in [0, 0.1) is 0 Å². The van der Waals surface area contributed by atoms with Gasteiger partial charge in [0.05, 0.1) is 12.1 Å². The van der Waals surface area contributed by atoms with Crippen molar-refractivity contribution < 1.29 is 13.9 Å². The Hall–Kier alpha value is -0.220. The van der Waals surface area contributed by atoms with Gasteiger partial charge in [0.2, 0.25) is 0 Å². The van der Waals surface area contributed by atoms with Gasteiger partial charge in [0.25, 0.3) is 0 Å². The van der Waals surface area contributed by atoms with Gasteiger partial charge in [-0.1, -0.05) is 0 Å². The summed E-state index contributed by atoms with van der Waals surface area (Å²) in [4.78, 5) is 0. The maximum Gasteiger partial charge on any atom is 0.112 e. The molecular weight excluding hydrogens is 116 g/mol. The van der Waals surface area contributed by atoms with Crippen molar-refractivity contribution in [1.82, 2.24) is 0 Å². The number of alkyl halides is 2. The fraction of sp³-hybridized carbons (Fsp3) is 1.00. The summed E-state index contributed by atoms with van der Waals surface area (Å²) in [6.07, 6.45) is 0. The van der Waals surface area contributed by atoms with E-state index in [2.05, 4.69) is 0 Å². The molecule has 0 bridgehead atoms. The zero-order valence-corrected chi connectivity index (χ0v) is 4.40. The molecular formula is C4H9F2NO. The van der Waals surface area contributed by atoms with Gasteiger partial charge in [-0.25, -0.2) is 8.78 Å². The van der Waals surface area contributed by atoms with Crippen molar-refractivity contribution in [2.24, 2.45) is 5.73 Å². The highest BCUT2D eigenvalue weighted by atomic mass is 19.1. The number of aliphatic hydroxyl groups is 1. The second kappa shape index (κ2) is 2.94. The Labute approximate surface area is 46.3 Å². The Morgan fingerprint density at radius 3 is 1.75 bits per heavy atom. The third-order valence-corrected chi connectivity index (χ3v) is 0.847. The first kappa shape index (κ1) is 7.78. The Morgan fingerprint density at radius 1 is 1.38 bits per heavy atom. The van der Waals surface area contributed by atoms with Crippen LogP contribution in [0.4, 0.5) is 8.78 Å². The lowest BCUT2D eigenvalue weighted by atomic mass is 10.1. The summed E-state index contributed by atoms with van der Waals surface area (Å²) >= 11 is 0. The summed E-state index contributed by atoms with van der Waals surface area (Å²) in [5.74, 6) is 0. The predicted molar refractivity (Wildman–Crippen MR) is 26.0 cm³/mol. The fourth-order valence-electron chi connectivity index (χ4n) is 0.120. The molecule has 50 valence electrons. The first-order valence-corrected chi connectivity index (χ1v) is 2.20. The minimum Gasteiger partial charge on any atom is -0.394 e. The van der Waals surface area contributed by atoms with Crippen molar-refractivity contribution in [3.63, 3.8) is 0 Å². The largest absolute Gasteiger partial charge is 0.394 e. The Bertz CT molecular complexity index is 56.8. The van der Waals surface area contributed by atoms with Crippen LogP contribution in [0.3, 0.4) is 0 Å². The number of hydrogen-bond donors (Lipinski definition) is 2. The van der Waals surface area contributed by atoms with Gasteiger partial charge >= 0.3 is 0 Å². The molecule has 4 heteroatoms. The van der Waals surface area contributed by atoms with E-state index in [1.54, 1.807) is 0 Å². The molecule has 0 aromatic heterocycles. The number of rotatable bonds is 3. The van der Waals surface area contributed by atoms with Crippen LogP contribution in [0.25, 0.3) is 0 Å². The second-order valence-electron chi connectivity index (χ2n) is 1.79. The monoisotopic (exact) mass is 125 g/mol. The minimum absolute atomic E-state index is 0.653. The van der Waals surface area contributed by atoms with Crippen LogP contribution in [-0.2, 0) is 0 Å².